The molecule has 0 unspecified atom stereocenters. The minimum atomic E-state index is -0.848. The molecule has 1 aliphatic heterocycles. The van der Waals surface area contributed by atoms with Gasteiger partial charge in [-0.05, 0) is 32.4 Å². The van der Waals surface area contributed by atoms with Crippen LogP contribution in [0.4, 0.5) is 0 Å². The molecule has 1 aromatic carbocycles. The van der Waals surface area contributed by atoms with E-state index in [1.807, 2.05) is 30.3 Å². The third-order valence-corrected chi connectivity index (χ3v) is 4.54. The predicted octanol–water partition coefficient (Wildman–Crippen LogP) is 2.86. The molecule has 2 heterocycles. The van der Waals surface area contributed by atoms with Gasteiger partial charge in [0.1, 0.15) is 11.3 Å². The smallest absolute Gasteiger partial charge is 0.311 e. The van der Waals surface area contributed by atoms with Crippen molar-refractivity contribution in [3.8, 4) is 0 Å². The average molecular weight is 301 g/mol. The van der Waals surface area contributed by atoms with Crippen molar-refractivity contribution in [2.45, 2.75) is 26.2 Å². The first-order valence-electron chi connectivity index (χ1n) is 7.41. The molecule has 22 heavy (non-hydrogen) atoms. The van der Waals surface area contributed by atoms with Crippen molar-refractivity contribution in [3.63, 3.8) is 0 Å². The Balaban J connectivity index is 1.79. The highest BCUT2D eigenvalue weighted by atomic mass is 16.4. The van der Waals surface area contributed by atoms with Crippen LogP contribution in [-0.2, 0) is 9.59 Å². The predicted molar refractivity (Wildman–Crippen MR) is 81.6 cm³/mol. The summed E-state index contributed by atoms with van der Waals surface area (Å²) < 4.78 is 5.75. The van der Waals surface area contributed by atoms with Crippen LogP contribution in [-0.4, -0.2) is 35.0 Å². The number of likely N-dealkylation sites (tertiary alicyclic amines) is 1. The average Bonchev–Trinajstić information content (AvgIpc) is 3.10. The number of hydrogen-bond acceptors (Lipinski definition) is 3. The van der Waals surface area contributed by atoms with Gasteiger partial charge >= 0.3 is 5.97 Å². The molecular weight excluding hydrogens is 282 g/mol. The van der Waals surface area contributed by atoms with E-state index in [1.54, 1.807) is 18.7 Å². The van der Waals surface area contributed by atoms with Gasteiger partial charge in [0, 0.05) is 18.5 Å². The number of amides is 1. The molecule has 2 aromatic rings. The van der Waals surface area contributed by atoms with Crippen LogP contribution in [0.15, 0.2) is 34.7 Å². The molecule has 2 atom stereocenters. The standard InChI is InChI=1S/C17H19NO4/c1-11(14-9-12-5-3-4-6-13(12)22-14)15(19)18-8-7-17(2,10-18)16(20)21/h3-6,9,11H,7-8,10H2,1-2H3,(H,20,21)/t11-,17+/m1/s1. The molecule has 5 heteroatoms. The normalized spacial score (nSPS) is 22.9. The van der Waals surface area contributed by atoms with Crippen molar-refractivity contribution in [2.24, 2.45) is 5.41 Å². The molecule has 0 radical (unpaired) electrons. The fourth-order valence-electron chi connectivity index (χ4n) is 2.94. The number of fused-ring (bicyclic) bond motifs is 1. The maximum atomic E-state index is 12.6. The van der Waals surface area contributed by atoms with E-state index in [4.69, 9.17) is 4.42 Å². The molecule has 1 aliphatic rings. The Hall–Kier alpha value is -2.30. The Bertz CT molecular complexity index is 702. The number of rotatable bonds is 3. The summed E-state index contributed by atoms with van der Waals surface area (Å²) in [4.78, 5) is 25.5. The summed E-state index contributed by atoms with van der Waals surface area (Å²) in [6.45, 7) is 4.23. The lowest BCUT2D eigenvalue weighted by atomic mass is 9.90. The second kappa shape index (κ2) is 5.16. The van der Waals surface area contributed by atoms with Crippen LogP contribution in [0, 0.1) is 5.41 Å². The molecule has 0 spiro atoms. The van der Waals surface area contributed by atoms with Gasteiger partial charge in [-0.3, -0.25) is 9.59 Å². The first-order valence-corrected chi connectivity index (χ1v) is 7.41. The van der Waals surface area contributed by atoms with Crippen LogP contribution in [0.25, 0.3) is 11.0 Å². The Kier molecular flexibility index (Phi) is 3.43. The minimum absolute atomic E-state index is 0.0796. The lowest BCUT2D eigenvalue weighted by Gasteiger charge is -2.22. The maximum Gasteiger partial charge on any atom is 0.311 e. The van der Waals surface area contributed by atoms with Crippen LogP contribution in [0.3, 0.4) is 0 Å². The van der Waals surface area contributed by atoms with Crippen molar-refractivity contribution in [3.05, 3.63) is 36.1 Å². The van der Waals surface area contributed by atoms with Crippen LogP contribution >= 0.6 is 0 Å². The SMILES string of the molecule is C[C@@H](C(=O)N1CC[C@](C)(C(=O)O)C1)c1cc2ccccc2o1. The minimum Gasteiger partial charge on any atom is -0.481 e. The van der Waals surface area contributed by atoms with E-state index in [-0.39, 0.29) is 12.5 Å². The number of benzene rings is 1. The Morgan fingerprint density at radius 3 is 2.73 bits per heavy atom. The molecule has 3 rings (SSSR count). The number of furan rings is 1. The second-order valence-electron chi connectivity index (χ2n) is 6.28. The van der Waals surface area contributed by atoms with Crippen molar-refractivity contribution in [1.82, 2.24) is 4.90 Å². The molecule has 1 aromatic heterocycles. The molecule has 0 saturated carbocycles. The molecular formula is C17H19NO4. The highest BCUT2D eigenvalue weighted by Crippen LogP contribution is 2.33. The number of carboxylic acid groups (broad SMARTS) is 1. The summed E-state index contributed by atoms with van der Waals surface area (Å²) in [5, 5.41) is 10.2. The molecule has 0 aliphatic carbocycles. The zero-order valence-electron chi connectivity index (χ0n) is 12.7. The number of nitrogens with zero attached hydrogens (tertiary/aromatic N) is 1. The second-order valence-corrected chi connectivity index (χ2v) is 6.28. The van der Waals surface area contributed by atoms with Crippen molar-refractivity contribution < 1.29 is 19.1 Å². The quantitative estimate of drug-likeness (QED) is 0.946. The largest absolute Gasteiger partial charge is 0.481 e. The first-order chi connectivity index (χ1) is 10.4. The third-order valence-electron chi connectivity index (χ3n) is 4.54. The summed E-state index contributed by atoms with van der Waals surface area (Å²) in [5.74, 6) is -0.720. The Labute approximate surface area is 128 Å². The van der Waals surface area contributed by atoms with Gasteiger partial charge in [0.15, 0.2) is 0 Å². The number of carboxylic acids is 1. The number of hydrogen-bond donors (Lipinski definition) is 1. The fourth-order valence-corrected chi connectivity index (χ4v) is 2.94. The van der Waals surface area contributed by atoms with Gasteiger partial charge in [-0.1, -0.05) is 18.2 Å². The van der Waals surface area contributed by atoms with Gasteiger partial charge in [-0.15, -0.1) is 0 Å². The highest BCUT2D eigenvalue weighted by Gasteiger charge is 2.43. The summed E-state index contributed by atoms with van der Waals surface area (Å²) in [6.07, 6.45) is 0.487. The highest BCUT2D eigenvalue weighted by molar-refractivity contribution is 5.86. The molecule has 1 saturated heterocycles. The van der Waals surface area contributed by atoms with Gasteiger partial charge in [0.2, 0.25) is 5.91 Å². The van der Waals surface area contributed by atoms with E-state index in [2.05, 4.69) is 0 Å². The number of carbonyl (C=O) groups is 2. The van der Waals surface area contributed by atoms with E-state index < -0.39 is 17.3 Å². The fraction of sp³-hybridized carbons (Fsp3) is 0.412. The van der Waals surface area contributed by atoms with E-state index in [0.29, 0.717) is 18.7 Å². The summed E-state index contributed by atoms with van der Waals surface area (Å²) in [6, 6.07) is 9.50. The zero-order valence-corrected chi connectivity index (χ0v) is 12.7. The lowest BCUT2D eigenvalue weighted by molar-refractivity contribution is -0.147. The molecule has 5 nitrogen and oxygen atoms in total. The van der Waals surface area contributed by atoms with Crippen LogP contribution in [0.2, 0.25) is 0 Å². The van der Waals surface area contributed by atoms with Crippen LogP contribution in [0.1, 0.15) is 31.9 Å². The van der Waals surface area contributed by atoms with Gasteiger partial charge in [-0.2, -0.15) is 0 Å². The van der Waals surface area contributed by atoms with Crippen LogP contribution in [0.5, 0.6) is 0 Å². The topological polar surface area (TPSA) is 70.8 Å². The van der Waals surface area contributed by atoms with E-state index in [9.17, 15) is 14.7 Å². The van der Waals surface area contributed by atoms with E-state index in [0.717, 1.165) is 11.0 Å². The van der Waals surface area contributed by atoms with Crippen molar-refractivity contribution in [1.29, 1.82) is 0 Å². The van der Waals surface area contributed by atoms with Gasteiger partial charge in [-0.25, -0.2) is 0 Å². The molecule has 116 valence electrons. The van der Waals surface area contributed by atoms with Gasteiger partial charge in [0.05, 0.1) is 11.3 Å². The van der Waals surface area contributed by atoms with Crippen molar-refractivity contribution in [2.75, 3.05) is 13.1 Å². The summed E-state index contributed by atoms with van der Waals surface area (Å²) in [7, 11) is 0. The van der Waals surface area contributed by atoms with E-state index in [1.165, 1.54) is 0 Å². The van der Waals surface area contributed by atoms with Crippen molar-refractivity contribution >= 4 is 22.8 Å². The molecule has 0 bridgehead atoms. The Morgan fingerprint density at radius 2 is 2.09 bits per heavy atom. The van der Waals surface area contributed by atoms with Gasteiger partial charge < -0.3 is 14.4 Å². The van der Waals surface area contributed by atoms with Gasteiger partial charge in [0.25, 0.3) is 0 Å². The zero-order chi connectivity index (χ0) is 15.9. The van der Waals surface area contributed by atoms with E-state index >= 15 is 0 Å². The summed E-state index contributed by atoms with van der Waals surface area (Å²) >= 11 is 0. The molecule has 1 fully saturated rings. The first kappa shape index (κ1) is 14.6. The number of para-hydroxylation sites is 1. The molecule has 1 N–H and O–H groups in total. The Morgan fingerprint density at radius 1 is 1.36 bits per heavy atom. The third kappa shape index (κ3) is 2.36. The lowest BCUT2D eigenvalue weighted by Crippen LogP contribution is -2.36. The summed E-state index contributed by atoms with van der Waals surface area (Å²) in [5.41, 5.74) is -0.0857. The number of aliphatic carboxylic acids is 1. The maximum absolute atomic E-state index is 12.6. The molecule has 1 amide bonds. The number of carbonyl (C=O) groups excluding carboxylic acids is 1. The van der Waals surface area contributed by atoms with Crippen LogP contribution < -0.4 is 0 Å². The monoisotopic (exact) mass is 301 g/mol.